The molecule has 0 saturated carbocycles. The summed E-state index contributed by atoms with van der Waals surface area (Å²) < 4.78 is 37.4. The van der Waals surface area contributed by atoms with Gasteiger partial charge in [0.05, 0.1) is 16.8 Å². The van der Waals surface area contributed by atoms with Crippen LogP contribution in [0.1, 0.15) is 30.4 Å². The molecule has 0 aromatic heterocycles. The summed E-state index contributed by atoms with van der Waals surface area (Å²) in [6.45, 7) is 0.571. The van der Waals surface area contributed by atoms with E-state index in [4.69, 9.17) is 11.7 Å². The van der Waals surface area contributed by atoms with E-state index in [1.54, 1.807) is 6.07 Å². The molecule has 2 nitrogen and oxygen atoms in total. The van der Waals surface area contributed by atoms with E-state index in [0.29, 0.717) is 18.7 Å². The summed E-state index contributed by atoms with van der Waals surface area (Å²) in [4.78, 5) is 0. The minimum atomic E-state index is -4.43. The van der Waals surface area contributed by atoms with E-state index in [-0.39, 0.29) is 5.56 Å². The van der Waals surface area contributed by atoms with Gasteiger partial charge in [-0.1, -0.05) is 0 Å². The monoisotopic (exact) mass is 266 g/mol. The number of nitrogens with one attached hydrogen (secondary N) is 1. The van der Waals surface area contributed by atoms with E-state index in [1.807, 2.05) is 0 Å². The molecule has 0 amide bonds. The van der Waals surface area contributed by atoms with Gasteiger partial charge in [0.25, 0.3) is 0 Å². The maximum atomic E-state index is 12.5. The van der Waals surface area contributed by atoms with Gasteiger partial charge in [0.1, 0.15) is 6.07 Å². The number of unbranched alkanes of at least 4 members (excludes halogenated alkanes) is 2. The molecule has 1 aromatic rings. The zero-order valence-electron chi connectivity index (χ0n) is 10.2. The van der Waals surface area contributed by atoms with Crippen molar-refractivity contribution in [2.24, 2.45) is 0 Å². The second kappa shape index (κ2) is 6.70. The predicted octanol–water partition coefficient (Wildman–Crippen LogP) is 3.79. The van der Waals surface area contributed by atoms with Gasteiger partial charge >= 0.3 is 6.18 Å². The first-order valence-electron chi connectivity index (χ1n) is 5.77. The van der Waals surface area contributed by atoms with Crippen LogP contribution in [0.15, 0.2) is 18.2 Å². The van der Waals surface area contributed by atoms with Gasteiger partial charge < -0.3 is 5.32 Å². The lowest BCUT2D eigenvalue weighted by Crippen LogP contribution is -2.08. The largest absolute Gasteiger partial charge is 0.416 e. The van der Waals surface area contributed by atoms with Crippen LogP contribution in [0, 0.1) is 23.7 Å². The molecule has 19 heavy (non-hydrogen) atoms. The van der Waals surface area contributed by atoms with Gasteiger partial charge in [-0.3, -0.25) is 0 Å². The minimum Gasteiger partial charge on any atom is -0.384 e. The molecule has 0 bridgehead atoms. The fourth-order valence-corrected chi connectivity index (χ4v) is 1.54. The smallest absolute Gasteiger partial charge is 0.384 e. The summed E-state index contributed by atoms with van der Waals surface area (Å²) in [5, 5.41) is 11.8. The highest BCUT2D eigenvalue weighted by Gasteiger charge is 2.30. The fourth-order valence-electron chi connectivity index (χ4n) is 1.54. The molecule has 1 rings (SSSR count). The molecule has 0 heterocycles. The van der Waals surface area contributed by atoms with Gasteiger partial charge in [-0.05, 0) is 31.0 Å². The Morgan fingerprint density at radius 3 is 2.58 bits per heavy atom. The third-order valence-electron chi connectivity index (χ3n) is 2.53. The second-order valence-corrected chi connectivity index (χ2v) is 3.96. The van der Waals surface area contributed by atoms with Gasteiger partial charge in [-0.15, -0.1) is 12.3 Å². The predicted molar refractivity (Wildman–Crippen MR) is 67.3 cm³/mol. The normalized spacial score (nSPS) is 10.6. The summed E-state index contributed by atoms with van der Waals surface area (Å²) in [6, 6.07) is 4.86. The lowest BCUT2D eigenvalue weighted by Gasteiger charge is -2.11. The maximum absolute atomic E-state index is 12.5. The highest BCUT2D eigenvalue weighted by atomic mass is 19.4. The Bertz CT molecular complexity index is 507. The second-order valence-electron chi connectivity index (χ2n) is 3.96. The Morgan fingerprint density at radius 2 is 2.00 bits per heavy atom. The summed E-state index contributed by atoms with van der Waals surface area (Å²) in [7, 11) is 0. The molecule has 0 fully saturated rings. The van der Waals surface area contributed by atoms with Crippen LogP contribution in [0.5, 0.6) is 0 Å². The molecule has 0 unspecified atom stereocenters. The van der Waals surface area contributed by atoms with Crippen molar-refractivity contribution < 1.29 is 13.2 Å². The van der Waals surface area contributed by atoms with Crippen molar-refractivity contribution in [3.8, 4) is 18.4 Å². The number of nitriles is 1. The van der Waals surface area contributed by atoms with Crippen molar-refractivity contribution in [1.29, 1.82) is 5.26 Å². The average molecular weight is 266 g/mol. The average Bonchev–Trinajstić information content (AvgIpc) is 2.37. The van der Waals surface area contributed by atoms with Crippen molar-refractivity contribution in [2.45, 2.75) is 25.4 Å². The van der Waals surface area contributed by atoms with E-state index < -0.39 is 11.7 Å². The zero-order chi connectivity index (χ0) is 14.3. The summed E-state index contributed by atoms with van der Waals surface area (Å²) in [5.41, 5.74) is -0.412. The van der Waals surface area contributed by atoms with Crippen LogP contribution in [0.25, 0.3) is 0 Å². The summed E-state index contributed by atoms with van der Waals surface area (Å²) in [5.74, 6) is 2.51. The highest BCUT2D eigenvalue weighted by molar-refractivity contribution is 5.58. The fraction of sp³-hybridized carbons (Fsp3) is 0.357. The van der Waals surface area contributed by atoms with Crippen LogP contribution in [-0.2, 0) is 6.18 Å². The van der Waals surface area contributed by atoms with Crippen LogP contribution >= 0.6 is 0 Å². The first-order chi connectivity index (χ1) is 8.99. The van der Waals surface area contributed by atoms with Gasteiger partial charge in [-0.25, -0.2) is 0 Å². The molecule has 0 atom stereocenters. The standard InChI is InChI=1S/C14H13F3N2/c1-2-3-4-5-8-19-13-7-6-12(14(15,16)17)9-11(13)10-18/h1,6-7,9,19H,3-5,8H2. The number of alkyl halides is 3. The number of nitrogens with zero attached hydrogens (tertiary/aromatic N) is 1. The molecule has 0 radical (unpaired) electrons. The van der Waals surface area contributed by atoms with Crippen LogP contribution in [0.3, 0.4) is 0 Å². The van der Waals surface area contributed by atoms with E-state index in [9.17, 15) is 13.2 Å². The number of anilines is 1. The summed E-state index contributed by atoms with van der Waals surface area (Å²) >= 11 is 0. The Labute approximate surface area is 110 Å². The molecule has 100 valence electrons. The quantitative estimate of drug-likeness (QED) is 0.650. The third kappa shape index (κ3) is 4.56. The molecule has 0 spiro atoms. The Balaban J connectivity index is 2.70. The van der Waals surface area contributed by atoms with E-state index in [0.717, 1.165) is 25.0 Å². The van der Waals surface area contributed by atoms with Gasteiger partial charge in [0, 0.05) is 13.0 Å². The van der Waals surface area contributed by atoms with Crippen molar-refractivity contribution in [3.05, 3.63) is 29.3 Å². The molecule has 1 aromatic carbocycles. The first kappa shape index (κ1) is 14.9. The number of halogens is 3. The molecule has 0 aliphatic heterocycles. The molecule has 0 saturated heterocycles. The molecular formula is C14H13F3N2. The number of hydrogen-bond acceptors (Lipinski definition) is 2. The third-order valence-corrected chi connectivity index (χ3v) is 2.53. The Morgan fingerprint density at radius 1 is 1.26 bits per heavy atom. The van der Waals surface area contributed by atoms with E-state index in [1.165, 1.54) is 6.07 Å². The number of rotatable bonds is 5. The van der Waals surface area contributed by atoms with E-state index >= 15 is 0 Å². The lowest BCUT2D eigenvalue weighted by atomic mass is 10.1. The molecule has 0 aliphatic carbocycles. The number of hydrogen-bond donors (Lipinski definition) is 1. The van der Waals surface area contributed by atoms with Crippen molar-refractivity contribution in [2.75, 3.05) is 11.9 Å². The maximum Gasteiger partial charge on any atom is 0.416 e. The van der Waals surface area contributed by atoms with Crippen LogP contribution in [0.4, 0.5) is 18.9 Å². The zero-order valence-corrected chi connectivity index (χ0v) is 10.2. The van der Waals surface area contributed by atoms with Crippen LogP contribution in [-0.4, -0.2) is 6.54 Å². The minimum absolute atomic E-state index is 0.00762. The molecule has 5 heteroatoms. The van der Waals surface area contributed by atoms with E-state index in [2.05, 4.69) is 11.2 Å². The van der Waals surface area contributed by atoms with Gasteiger partial charge in [-0.2, -0.15) is 18.4 Å². The summed E-state index contributed by atoms with van der Waals surface area (Å²) in [6.07, 6.45) is 2.98. The Hall–Kier alpha value is -2.14. The lowest BCUT2D eigenvalue weighted by molar-refractivity contribution is -0.137. The first-order valence-corrected chi connectivity index (χ1v) is 5.77. The van der Waals surface area contributed by atoms with Crippen molar-refractivity contribution in [3.63, 3.8) is 0 Å². The topological polar surface area (TPSA) is 35.8 Å². The van der Waals surface area contributed by atoms with Gasteiger partial charge in [0.2, 0.25) is 0 Å². The molecule has 1 N–H and O–H groups in total. The molecular weight excluding hydrogens is 253 g/mol. The highest BCUT2D eigenvalue weighted by Crippen LogP contribution is 2.31. The van der Waals surface area contributed by atoms with Crippen molar-refractivity contribution in [1.82, 2.24) is 0 Å². The van der Waals surface area contributed by atoms with Crippen LogP contribution < -0.4 is 5.32 Å². The molecule has 0 aliphatic rings. The number of terminal acetylenes is 1. The van der Waals surface area contributed by atoms with Crippen LogP contribution in [0.2, 0.25) is 0 Å². The number of benzene rings is 1. The Kier molecular flexibility index (Phi) is 5.26. The van der Waals surface area contributed by atoms with Gasteiger partial charge in [0.15, 0.2) is 0 Å². The SMILES string of the molecule is C#CCCCCNc1ccc(C(F)(F)F)cc1C#N. The van der Waals surface area contributed by atoms with Crippen molar-refractivity contribution >= 4 is 5.69 Å².